The van der Waals surface area contributed by atoms with E-state index in [1.54, 1.807) is 0 Å². The van der Waals surface area contributed by atoms with Gasteiger partial charge in [0.05, 0.1) is 0 Å². The Morgan fingerprint density at radius 2 is 1.95 bits per heavy atom. The summed E-state index contributed by atoms with van der Waals surface area (Å²) in [7, 11) is 0. The number of hydrogen-bond donors (Lipinski definition) is 1. The molecule has 110 valence electrons. The van der Waals surface area contributed by atoms with E-state index in [0.29, 0.717) is 11.9 Å². The minimum Gasteiger partial charge on any atom is -0.385 e. The van der Waals surface area contributed by atoms with Crippen molar-refractivity contribution in [1.29, 1.82) is 0 Å². The van der Waals surface area contributed by atoms with Gasteiger partial charge in [0.15, 0.2) is 0 Å². The molecule has 2 fully saturated rings. The summed E-state index contributed by atoms with van der Waals surface area (Å²) in [5, 5.41) is 1.72. The van der Waals surface area contributed by atoms with Crippen LogP contribution in [-0.4, -0.2) is 28.6 Å². The van der Waals surface area contributed by atoms with Crippen molar-refractivity contribution < 1.29 is 0 Å². The normalized spacial score (nSPS) is 26.1. The van der Waals surface area contributed by atoms with Crippen LogP contribution in [0.2, 0.25) is 0 Å². The minimum atomic E-state index is 0.0713. The largest absolute Gasteiger partial charge is 0.385 e. The average molecular weight is 283 g/mol. The number of nitrogen functional groups attached to an aromatic ring is 1. The first-order valence-electron chi connectivity index (χ1n) is 7.88. The second-order valence-corrected chi connectivity index (χ2v) is 6.34. The van der Waals surface area contributed by atoms with Gasteiger partial charge in [-0.2, -0.15) is 0 Å². The van der Waals surface area contributed by atoms with Crippen LogP contribution in [0.3, 0.4) is 0 Å². The first-order chi connectivity index (χ1) is 10.2. The second kappa shape index (κ2) is 4.88. The van der Waals surface area contributed by atoms with Crippen LogP contribution in [0.25, 0.3) is 10.8 Å². The van der Waals surface area contributed by atoms with E-state index >= 15 is 0 Å². The molecule has 0 amide bonds. The van der Waals surface area contributed by atoms with Gasteiger partial charge in [-0.15, -0.1) is 0 Å². The van der Waals surface area contributed by atoms with Crippen LogP contribution in [0.1, 0.15) is 31.7 Å². The highest BCUT2D eigenvalue weighted by Gasteiger charge is 2.33. The van der Waals surface area contributed by atoms with Crippen LogP contribution in [0, 0.1) is 0 Å². The molecule has 0 aliphatic carbocycles. The van der Waals surface area contributed by atoms with Crippen molar-refractivity contribution in [2.45, 2.75) is 37.8 Å². The molecule has 2 aliphatic heterocycles. The van der Waals surface area contributed by atoms with Gasteiger partial charge >= 0.3 is 0 Å². The average Bonchev–Trinajstić information content (AvgIpc) is 2.95. The number of nitrogens with zero attached hydrogens (tertiary/aromatic N) is 2. The molecule has 1 aromatic heterocycles. The van der Waals surface area contributed by atoms with E-state index in [2.05, 4.69) is 4.90 Å². The molecular formula is C17H21N3O. The lowest BCUT2D eigenvalue weighted by Crippen LogP contribution is -2.41. The number of anilines is 1. The van der Waals surface area contributed by atoms with E-state index in [4.69, 9.17) is 5.73 Å². The number of hydrogen-bond acceptors (Lipinski definition) is 3. The predicted octanol–water partition coefficient (Wildman–Crippen LogP) is 2.38. The zero-order valence-electron chi connectivity index (χ0n) is 12.2. The van der Waals surface area contributed by atoms with Gasteiger partial charge in [0.2, 0.25) is 0 Å². The van der Waals surface area contributed by atoms with Gasteiger partial charge in [-0.3, -0.25) is 9.36 Å². The number of fused-ring (bicyclic) bond motifs is 2. The van der Waals surface area contributed by atoms with Crippen molar-refractivity contribution in [2.75, 3.05) is 18.8 Å². The quantitative estimate of drug-likeness (QED) is 0.874. The Balaban J connectivity index is 1.78. The summed E-state index contributed by atoms with van der Waals surface area (Å²) < 4.78 is 1.85. The maximum absolute atomic E-state index is 12.8. The van der Waals surface area contributed by atoms with Crippen molar-refractivity contribution in [3.8, 4) is 0 Å². The van der Waals surface area contributed by atoms with Crippen molar-refractivity contribution in [3.63, 3.8) is 0 Å². The molecule has 0 spiro atoms. The fourth-order valence-corrected chi connectivity index (χ4v) is 4.11. The zero-order chi connectivity index (χ0) is 14.4. The maximum Gasteiger partial charge on any atom is 0.260 e. The lowest BCUT2D eigenvalue weighted by Gasteiger charge is -2.36. The molecule has 1 aromatic carbocycles. The molecule has 0 saturated carbocycles. The summed E-state index contributed by atoms with van der Waals surface area (Å²) in [5.74, 6) is 0.607. The summed E-state index contributed by atoms with van der Waals surface area (Å²) in [6.45, 7) is 2.31. The van der Waals surface area contributed by atoms with Crippen molar-refractivity contribution in [1.82, 2.24) is 9.47 Å². The van der Waals surface area contributed by atoms with Gasteiger partial charge in [-0.05, 0) is 49.7 Å². The highest BCUT2D eigenvalue weighted by molar-refractivity contribution is 5.83. The minimum absolute atomic E-state index is 0.0713. The van der Waals surface area contributed by atoms with Crippen LogP contribution in [0.4, 0.5) is 5.82 Å². The van der Waals surface area contributed by atoms with Crippen LogP contribution in [0.5, 0.6) is 0 Å². The standard InChI is InChI=1S/C17H21N3O/c18-16-10-12-4-1-2-6-15(12)17(21)20(16)14-7-9-19-8-3-5-13(19)11-14/h1-2,4,6,10,13-14H,3,5,7-9,11,18H2. The molecule has 4 nitrogen and oxygen atoms in total. The highest BCUT2D eigenvalue weighted by atomic mass is 16.1. The van der Waals surface area contributed by atoms with Gasteiger partial charge in [-0.1, -0.05) is 18.2 Å². The third kappa shape index (κ3) is 2.05. The first kappa shape index (κ1) is 12.9. The summed E-state index contributed by atoms with van der Waals surface area (Å²) in [5.41, 5.74) is 6.28. The fraction of sp³-hybridized carbons (Fsp3) is 0.471. The fourth-order valence-electron chi connectivity index (χ4n) is 4.11. The van der Waals surface area contributed by atoms with Crippen LogP contribution in [-0.2, 0) is 0 Å². The van der Waals surface area contributed by atoms with E-state index < -0.39 is 0 Å². The Kier molecular flexibility index (Phi) is 3.00. The monoisotopic (exact) mass is 283 g/mol. The molecule has 2 unspecified atom stereocenters. The molecule has 2 atom stereocenters. The molecule has 4 heteroatoms. The Morgan fingerprint density at radius 3 is 2.86 bits per heavy atom. The molecule has 2 aromatic rings. The molecule has 3 heterocycles. The Morgan fingerprint density at radius 1 is 1.10 bits per heavy atom. The van der Waals surface area contributed by atoms with Crippen molar-refractivity contribution in [2.24, 2.45) is 0 Å². The number of pyridine rings is 1. The van der Waals surface area contributed by atoms with Gasteiger partial charge in [0.25, 0.3) is 5.56 Å². The smallest absolute Gasteiger partial charge is 0.260 e. The number of nitrogens with two attached hydrogens (primary N) is 1. The molecule has 2 aliphatic rings. The summed E-state index contributed by atoms with van der Waals surface area (Å²) >= 11 is 0. The molecule has 0 bridgehead atoms. The van der Waals surface area contributed by atoms with Crippen LogP contribution >= 0.6 is 0 Å². The number of aromatic nitrogens is 1. The Hall–Kier alpha value is -1.81. The van der Waals surface area contributed by atoms with E-state index in [9.17, 15) is 4.79 Å². The zero-order valence-corrected chi connectivity index (χ0v) is 12.2. The summed E-state index contributed by atoms with van der Waals surface area (Å²) in [4.78, 5) is 15.4. The first-order valence-corrected chi connectivity index (χ1v) is 7.88. The van der Waals surface area contributed by atoms with Gasteiger partial charge < -0.3 is 10.6 Å². The number of piperidine rings is 1. The number of benzene rings is 1. The summed E-state index contributed by atoms with van der Waals surface area (Å²) in [6.07, 6.45) is 4.64. The topological polar surface area (TPSA) is 51.3 Å². The second-order valence-electron chi connectivity index (χ2n) is 6.34. The van der Waals surface area contributed by atoms with Crippen molar-refractivity contribution in [3.05, 3.63) is 40.7 Å². The Bertz CT molecular complexity index is 736. The van der Waals surface area contributed by atoms with E-state index in [1.807, 2.05) is 34.9 Å². The predicted molar refractivity (Wildman–Crippen MR) is 85.5 cm³/mol. The summed E-state index contributed by atoms with van der Waals surface area (Å²) in [6, 6.07) is 10.6. The molecular weight excluding hydrogens is 262 g/mol. The lowest BCUT2D eigenvalue weighted by molar-refractivity contribution is 0.155. The van der Waals surface area contributed by atoms with Crippen LogP contribution < -0.4 is 11.3 Å². The third-order valence-electron chi connectivity index (χ3n) is 5.15. The lowest BCUT2D eigenvalue weighted by atomic mass is 9.97. The molecule has 2 N–H and O–H groups in total. The molecule has 2 saturated heterocycles. The van der Waals surface area contributed by atoms with Crippen LogP contribution in [0.15, 0.2) is 35.1 Å². The Labute approximate surface area is 124 Å². The number of rotatable bonds is 1. The molecule has 4 rings (SSSR count). The van der Waals surface area contributed by atoms with Crippen molar-refractivity contribution >= 4 is 16.6 Å². The highest BCUT2D eigenvalue weighted by Crippen LogP contribution is 2.33. The SMILES string of the molecule is Nc1cc2ccccc2c(=O)n1C1CCN2CCCC2C1. The third-order valence-corrected chi connectivity index (χ3v) is 5.15. The van der Waals surface area contributed by atoms with Gasteiger partial charge in [-0.25, -0.2) is 0 Å². The molecule has 21 heavy (non-hydrogen) atoms. The van der Waals surface area contributed by atoms with E-state index in [-0.39, 0.29) is 11.6 Å². The van der Waals surface area contributed by atoms with Gasteiger partial charge in [0, 0.05) is 24.0 Å². The van der Waals surface area contributed by atoms with E-state index in [0.717, 1.165) is 30.2 Å². The van der Waals surface area contributed by atoms with Gasteiger partial charge in [0.1, 0.15) is 5.82 Å². The maximum atomic E-state index is 12.8. The molecule has 0 radical (unpaired) electrons. The van der Waals surface area contributed by atoms with E-state index in [1.165, 1.54) is 19.4 Å².